The van der Waals surface area contributed by atoms with Crippen molar-refractivity contribution in [1.82, 2.24) is 9.97 Å². The normalized spacial score (nSPS) is 14.8. The van der Waals surface area contributed by atoms with Gasteiger partial charge in [-0.2, -0.15) is 0 Å². The molecule has 0 bridgehead atoms. The summed E-state index contributed by atoms with van der Waals surface area (Å²) in [6.07, 6.45) is 0. The zero-order chi connectivity index (χ0) is 19.3. The molecule has 0 aliphatic carbocycles. The van der Waals surface area contributed by atoms with Crippen molar-refractivity contribution < 1.29 is 4.74 Å². The number of anilines is 2. The Labute approximate surface area is 159 Å². The Bertz CT molecular complexity index is 1340. The van der Waals surface area contributed by atoms with Crippen LogP contribution in [0.4, 0.5) is 11.5 Å². The molecule has 1 atom stereocenters. The molecule has 3 aromatic carbocycles. The highest BCUT2D eigenvalue weighted by Gasteiger charge is 2.33. The van der Waals surface area contributed by atoms with Gasteiger partial charge >= 0.3 is 5.69 Å². The lowest BCUT2D eigenvalue weighted by Crippen LogP contribution is -2.32. The summed E-state index contributed by atoms with van der Waals surface area (Å²) in [6, 6.07) is 19.7. The molecule has 4 aromatic rings. The summed E-state index contributed by atoms with van der Waals surface area (Å²) < 4.78 is 5.60. The van der Waals surface area contributed by atoms with E-state index in [1.54, 1.807) is 7.11 Å². The molecule has 5 rings (SSSR count). The van der Waals surface area contributed by atoms with Crippen LogP contribution in [-0.2, 0) is 0 Å². The van der Waals surface area contributed by atoms with E-state index in [1.807, 2.05) is 60.7 Å². The zero-order valence-corrected chi connectivity index (χ0v) is 15.1. The molecule has 138 valence electrons. The third kappa shape index (κ3) is 2.35. The van der Waals surface area contributed by atoms with Crippen molar-refractivity contribution in [2.75, 3.05) is 12.4 Å². The van der Waals surface area contributed by atoms with Crippen LogP contribution in [0.5, 0.6) is 5.75 Å². The van der Waals surface area contributed by atoms with Crippen LogP contribution in [-0.4, -0.2) is 17.1 Å². The monoisotopic (exact) mass is 371 g/mol. The minimum atomic E-state index is -0.542. The second-order valence-electron chi connectivity index (χ2n) is 6.74. The summed E-state index contributed by atoms with van der Waals surface area (Å²) in [4.78, 5) is 29.8. The lowest BCUT2D eigenvalue weighted by Gasteiger charge is -2.30. The third-order valence-electron chi connectivity index (χ3n) is 5.24. The number of nitrogens with one attached hydrogen (secondary N) is 3. The number of ether oxygens (including phenoxy) is 1. The molecule has 0 radical (unpaired) electrons. The Balaban J connectivity index is 1.93. The van der Waals surface area contributed by atoms with Crippen molar-refractivity contribution in [1.29, 1.82) is 0 Å². The van der Waals surface area contributed by atoms with Crippen LogP contribution in [0.3, 0.4) is 0 Å². The van der Waals surface area contributed by atoms with E-state index in [1.165, 1.54) is 0 Å². The number of rotatable bonds is 2. The lowest BCUT2D eigenvalue weighted by atomic mass is 9.80. The number of hydrogen-bond acceptors (Lipinski definition) is 4. The molecule has 0 unspecified atom stereocenters. The summed E-state index contributed by atoms with van der Waals surface area (Å²) in [5, 5.41) is 5.35. The number of para-hydroxylation sites is 1. The van der Waals surface area contributed by atoms with Gasteiger partial charge in [0, 0.05) is 17.2 Å². The topological polar surface area (TPSA) is 87.0 Å². The maximum absolute atomic E-state index is 12.9. The van der Waals surface area contributed by atoms with Gasteiger partial charge in [0.1, 0.15) is 11.6 Å². The van der Waals surface area contributed by atoms with Gasteiger partial charge in [-0.15, -0.1) is 0 Å². The number of aromatic amines is 2. The fourth-order valence-electron chi connectivity index (χ4n) is 4.08. The predicted molar refractivity (Wildman–Crippen MR) is 109 cm³/mol. The SMILES string of the molecule is COc1ccccc1[C@H]1c2c([nH]c(=O)[nH]c2=O)Nc2ccc3ccccc3c21. The molecule has 0 spiro atoms. The first-order chi connectivity index (χ1) is 13.7. The highest BCUT2D eigenvalue weighted by Crippen LogP contribution is 2.47. The third-order valence-corrected chi connectivity index (χ3v) is 5.24. The summed E-state index contributed by atoms with van der Waals surface area (Å²) in [5.74, 6) is 0.700. The molecule has 3 N–H and O–H groups in total. The van der Waals surface area contributed by atoms with Crippen LogP contribution in [0, 0.1) is 0 Å². The summed E-state index contributed by atoms with van der Waals surface area (Å²) >= 11 is 0. The Hall–Kier alpha value is -3.80. The van der Waals surface area contributed by atoms with E-state index in [4.69, 9.17) is 4.74 Å². The van der Waals surface area contributed by atoms with Crippen LogP contribution in [0.15, 0.2) is 70.3 Å². The molecule has 1 aliphatic rings. The maximum Gasteiger partial charge on any atom is 0.327 e. The van der Waals surface area contributed by atoms with Crippen molar-refractivity contribution in [2.24, 2.45) is 0 Å². The van der Waals surface area contributed by atoms with Crippen LogP contribution in [0.1, 0.15) is 22.6 Å². The largest absolute Gasteiger partial charge is 0.496 e. The molecule has 28 heavy (non-hydrogen) atoms. The molecule has 6 heteroatoms. The van der Waals surface area contributed by atoms with E-state index in [0.717, 1.165) is 27.6 Å². The molecule has 0 fully saturated rings. The number of H-pyrrole nitrogens is 2. The average Bonchev–Trinajstić information content (AvgIpc) is 2.71. The first kappa shape index (κ1) is 16.4. The highest BCUT2D eigenvalue weighted by molar-refractivity contribution is 5.94. The van der Waals surface area contributed by atoms with Crippen LogP contribution < -0.4 is 21.3 Å². The number of aromatic nitrogens is 2. The van der Waals surface area contributed by atoms with Gasteiger partial charge in [0.2, 0.25) is 0 Å². The zero-order valence-electron chi connectivity index (χ0n) is 15.1. The maximum atomic E-state index is 12.9. The Morgan fingerprint density at radius 1 is 0.857 bits per heavy atom. The smallest absolute Gasteiger partial charge is 0.327 e. The molecule has 0 saturated heterocycles. The standard InChI is InChI=1S/C22H17N3O3/c1-28-16-9-5-4-8-14(16)18-17-13-7-3-2-6-12(13)10-11-15(17)23-20-19(18)21(26)25-22(27)24-20/h2-11,18H,1H3,(H3,23,24,25,26,27)/t18-/m1/s1. The van der Waals surface area contributed by atoms with E-state index in [2.05, 4.69) is 15.3 Å². The fourth-order valence-corrected chi connectivity index (χ4v) is 4.08. The summed E-state index contributed by atoms with van der Waals surface area (Å²) in [6.45, 7) is 0. The van der Waals surface area contributed by atoms with Crippen molar-refractivity contribution in [3.63, 3.8) is 0 Å². The molecule has 1 aliphatic heterocycles. The van der Waals surface area contributed by atoms with Gasteiger partial charge in [-0.05, 0) is 28.5 Å². The van der Waals surface area contributed by atoms with Crippen LogP contribution in [0.25, 0.3) is 10.8 Å². The number of benzene rings is 3. The average molecular weight is 371 g/mol. The number of methoxy groups -OCH3 is 1. The minimum Gasteiger partial charge on any atom is -0.496 e. The van der Waals surface area contributed by atoms with Gasteiger partial charge < -0.3 is 10.1 Å². The van der Waals surface area contributed by atoms with Gasteiger partial charge in [-0.25, -0.2) is 4.79 Å². The van der Waals surface area contributed by atoms with Crippen molar-refractivity contribution >= 4 is 22.3 Å². The van der Waals surface area contributed by atoms with Crippen molar-refractivity contribution in [3.8, 4) is 5.75 Å². The quantitative estimate of drug-likeness (QED) is 0.443. The first-order valence-corrected chi connectivity index (χ1v) is 8.95. The van der Waals surface area contributed by atoms with E-state index in [0.29, 0.717) is 17.1 Å². The molecular weight excluding hydrogens is 354 g/mol. The molecular formula is C22H17N3O3. The van der Waals surface area contributed by atoms with Crippen LogP contribution >= 0.6 is 0 Å². The number of hydrogen-bond donors (Lipinski definition) is 3. The van der Waals surface area contributed by atoms with E-state index in [-0.39, 0.29) is 0 Å². The van der Waals surface area contributed by atoms with Crippen molar-refractivity contribution in [2.45, 2.75) is 5.92 Å². The molecule has 6 nitrogen and oxygen atoms in total. The van der Waals surface area contributed by atoms with Gasteiger partial charge in [-0.3, -0.25) is 14.8 Å². The van der Waals surface area contributed by atoms with Crippen LogP contribution in [0.2, 0.25) is 0 Å². The van der Waals surface area contributed by atoms with Crippen molar-refractivity contribution in [3.05, 3.63) is 98.2 Å². The molecule has 0 amide bonds. The van der Waals surface area contributed by atoms with Gasteiger partial charge in [0.25, 0.3) is 5.56 Å². The summed E-state index contributed by atoms with van der Waals surface area (Å²) in [5.41, 5.74) is 2.20. The van der Waals surface area contributed by atoms with Gasteiger partial charge in [0.15, 0.2) is 0 Å². The van der Waals surface area contributed by atoms with E-state index >= 15 is 0 Å². The van der Waals surface area contributed by atoms with E-state index in [9.17, 15) is 9.59 Å². The Morgan fingerprint density at radius 3 is 2.50 bits per heavy atom. The van der Waals surface area contributed by atoms with E-state index < -0.39 is 17.2 Å². The number of fused-ring (bicyclic) bond motifs is 4. The minimum absolute atomic E-state index is 0.394. The lowest BCUT2D eigenvalue weighted by molar-refractivity contribution is 0.409. The second-order valence-corrected chi connectivity index (χ2v) is 6.74. The molecule has 1 aromatic heterocycles. The van der Waals surface area contributed by atoms with Gasteiger partial charge in [-0.1, -0.05) is 48.5 Å². The molecule has 2 heterocycles. The van der Waals surface area contributed by atoms with Gasteiger partial charge in [0.05, 0.1) is 12.7 Å². The molecule has 0 saturated carbocycles. The highest BCUT2D eigenvalue weighted by atomic mass is 16.5. The Kier molecular flexibility index (Phi) is 3.58. The Morgan fingerprint density at radius 2 is 1.64 bits per heavy atom. The summed E-state index contributed by atoms with van der Waals surface area (Å²) in [7, 11) is 1.61. The fraction of sp³-hybridized carbons (Fsp3) is 0.0909. The predicted octanol–water partition coefficient (Wildman–Crippen LogP) is 3.46. The second kappa shape index (κ2) is 6.13. The first-order valence-electron chi connectivity index (χ1n) is 8.95.